The van der Waals surface area contributed by atoms with Crippen LogP contribution in [0.25, 0.3) is 0 Å². The second-order valence-electron chi connectivity index (χ2n) is 4.48. The first-order valence-corrected chi connectivity index (χ1v) is 6.07. The largest absolute Gasteiger partial charge is 0.481 e. The fourth-order valence-corrected chi connectivity index (χ4v) is 1.83. The Morgan fingerprint density at radius 1 is 1.41 bits per heavy atom. The molecule has 17 heavy (non-hydrogen) atoms. The summed E-state index contributed by atoms with van der Waals surface area (Å²) in [6.07, 6.45) is 2.41. The number of amides is 2. The number of hydrogen-bond acceptors (Lipinski definition) is 3. The molecule has 4 N–H and O–H groups in total. The van der Waals surface area contributed by atoms with Crippen LogP contribution in [-0.4, -0.2) is 42.3 Å². The minimum atomic E-state index is -0.836. The summed E-state index contributed by atoms with van der Waals surface area (Å²) >= 11 is 0. The summed E-state index contributed by atoms with van der Waals surface area (Å²) in [7, 11) is 0. The number of carboxylic acids is 1. The number of aliphatic carboxylic acids is 1. The number of carboxylic acid groups (broad SMARTS) is 1. The molecule has 0 aromatic heterocycles. The normalized spacial score (nSPS) is 18.4. The molecule has 0 aromatic carbocycles. The number of piperidine rings is 1. The molecule has 1 saturated heterocycles. The van der Waals surface area contributed by atoms with Crippen molar-refractivity contribution in [1.82, 2.24) is 16.0 Å². The topological polar surface area (TPSA) is 90.5 Å². The van der Waals surface area contributed by atoms with Gasteiger partial charge in [-0.15, -0.1) is 0 Å². The summed E-state index contributed by atoms with van der Waals surface area (Å²) in [6, 6.07) is -0.0921. The maximum atomic E-state index is 11.6. The quantitative estimate of drug-likeness (QED) is 0.558. The van der Waals surface area contributed by atoms with E-state index in [4.69, 9.17) is 5.11 Å². The molecule has 1 atom stereocenters. The second-order valence-corrected chi connectivity index (χ2v) is 4.48. The first-order chi connectivity index (χ1) is 8.08. The SMILES string of the molecule is CC(CCC(=O)O)NC(=O)NC1CCNCC1. The van der Waals surface area contributed by atoms with Crippen LogP contribution in [0, 0.1) is 0 Å². The Bertz CT molecular complexity index is 265. The maximum Gasteiger partial charge on any atom is 0.315 e. The van der Waals surface area contributed by atoms with Crippen LogP contribution in [-0.2, 0) is 4.79 Å². The lowest BCUT2D eigenvalue weighted by Gasteiger charge is -2.24. The Labute approximate surface area is 101 Å². The fraction of sp³-hybridized carbons (Fsp3) is 0.818. The number of rotatable bonds is 5. The van der Waals surface area contributed by atoms with E-state index in [1.54, 1.807) is 0 Å². The van der Waals surface area contributed by atoms with Crippen LogP contribution < -0.4 is 16.0 Å². The van der Waals surface area contributed by atoms with Crippen molar-refractivity contribution in [2.24, 2.45) is 0 Å². The summed E-state index contributed by atoms with van der Waals surface area (Å²) in [6.45, 7) is 3.67. The molecule has 1 rings (SSSR count). The molecule has 0 spiro atoms. The van der Waals surface area contributed by atoms with Crippen LogP contribution in [0.2, 0.25) is 0 Å². The van der Waals surface area contributed by atoms with Gasteiger partial charge in [0.1, 0.15) is 0 Å². The highest BCUT2D eigenvalue weighted by atomic mass is 16.4. The summed E-state index contributed by atoms with van der Waals surface area (Å²) in [4.78, 5) is 21.9. The summed E-state index contributed by atoms with van der Waals surface area (Å²) in [5.41, 5.74) is 0. The van der Waals surface area contributed by atoms with Gasteiger partial charge in [0.25, 0.3) is 0 Å². The average molecular weight is 243 g/mol. The number of carbonyl (C=O) groups is 2. The third-order valence-corrected chi connectivity index (χ3v) is 2.84. The molecular formula is C11H21N3O3. The van der Waals surface area contributed by atoms with Gasteiger partial charge in [-0.2, -0.15) is 0 Å². The summed E-state index contributed by atoms with van der Waals surface area (Å²) in [5, 5.41) is 17.4. The van der Waals surface area contributed by atoms with Gasteiger partial charge in [0, 0.05) is 18.5 Å². The highest BCUT2D eigenvalue weighted by Gasteiger charge is 2.16. The lowest BCUT2D eigenvalue weighted by atomic mass is 10.1. The van der Waals surface area contributed by atoms with Gasteiger partial charge >= 0.3 is 12.0 Å². The Morgan fingerprint density at radius 3 is 2.65 bits per heavy atom. The standard InChI is InChI=1S/C11H21N3O3/c1-8(2-3-10(15)16)13-11(17)14-9-4-6-12-7-5-9/h8-9,12H,2-7H2,1H3,(H,15,16)(H2,13,14,17). The molecule has 0 radical (unpaired) electrons. The van der Waals surface area contributed by atoms with Gasteiger partial charge in [-0.25, -0.2) is 4.79 Å². The molecule has 0 bridgehead atoms. The lowest BCUT2D eigenvalue weighted by molar-refractivity contribution is -0.137. The Kier molecular flexibility index (Phi) is 5.76. The molecule has 1 heterocycles. The van der Waals surface area contributed by atoms with E-state index in [9.17, 15) is 9.59 Å². The van der Waals surface area contributed by atoms with Crippen molar-refractivity contribution in [3.63, 3.8) is 0 Å². The van der Waals surface area contributed by atoms with Gasteiger partial charge in [-0.3, -0.25) is 4.79 Å². The van der Waals surface area contributed by atoms with Gasteiger partial charge in [0.15, 0.2) is 0 Å². The molecule has 6 nitrogen and oxygen atoms in total. The van der Waals surface area contributed by atoms with Crippen LogP contribution in [0.5, 0.6) is 0 Å². The molecule has 0 saturated carbocycles. The van der Waals surface area contributed by atoms with E-state index in [2.05, 4.69) is 16.0 Å². The zero-order valence-corrected chi connectivity index (χ0v) is 10.2. The van der Waals surface area contributed by atoms with Crippen molar-refractivity contribution in [2.75, 3.05) is 13.1 Å². The van der Waals surface area contributed by atoms with E-state index in [-0.39, 0.29) is 24.5 Å². The molecular weight excluding hydrogens is 222 g/mol. The highest BCUT2D eigenvalue weighted by molar-refractivity contribution is 5.74. The van der Waals surface area contributed by atoms with Gasteiger partial charge in [0.05, 0.1) is 0 Å². The zero-order valence-electron chi connectivity index (χ0n) is 10.2. The average Bonchev–Trinajstić information content (AvgIpc) is 2.27. The Hall–Kier alpha value is -1.30. The molecule has 0 aromatic rings. The molecule has 1 fully saturated rings. The monoisotopic (exact) mass is 243 g/mol. The first-order valence-electron chi connectivity index (χ1n) is 6.07. The third-order valence-electron chi connectivity index (χ3n) is 2.84. The number of hydrogen-bond donors (Lipinski definition) is 4. The van der Waals surface area contributed by atoms with Crippen molar-refractivity contribution in [2.45, 2.75) is 44.7 Å². The van der Waals surface area contributed by atoms with Crippen molar-refractivity contribution in [3.8, 4) is 0 Å². The predicted octanol–water partition coefficient (Wildman–Crippen LogP) is 0.291. The van der Waals surface area contributed by atoms with E-state index in [0.29, 0.717) is 6.42 Å². The third kappa shape index (κ3) is 6.11. The number of urea groups is 1. The fourth-order valence-electron chi connectivity index (χ4n) is 1.83. The van der Waals surface area contributed by atoms with Gasteiger partial charge in [0.2, 0.25) is 0 Å². The van der Waals surface area contributed by atoms with Crippen molar-refractivity contribution in [1.29, 1.82) is 0 Å². The Balaban J connectivity index is 2.16. The van der Waals surface area contributed by atoms with Gasteiger partial charge in [-0.1, -0.05) is 0 Å². The van der Waals surface area contributed by atoms with Crippen molar-refractivity contribution in [3.05, 3.63) is 0 Å². The summed E-state index contributed by atoms with van der Waals surface area (Å²) < 4.78 is 0. The second kappa shape index (κ2) is 7.11. The molecule has 1 aliphatic rings. The molecule has 1 aliphatic heterocycles. The molecule has 0 aliphatic carbocycles. The highest BCUT2D eigenvalue weighted by Crippen LogP contribution is 2.02. The number of nitrogens with one attached hydrogen (secondary N) is 3. The molecule has 98 valence electrons. The Morgan fingerprint density at radius 2 is 2.06 bits per heavy atom. The van der Waals surface area contributed by atoms with E-state index in [1.165, 1.54) is 0 Å². The smallest absolute Gasteiger partial charge is 0.315 e. The van der Waals surface area contributed by atoms with Crippen molar-refractivity contribution < 1.29 is 14.7 Å². The minimum absolute atomic E-state index is 0.0782. The maximum absolute atomic E-state index is 11.6. The first kappa shape index (κ1) is 13.8. The van der Waals surface area contributed by atoms with E-state index in [0.717, 1.165) is 25.9 Å². The van der Waals surface area contributed by atoms with E-state index in [1.807, 2.05) is 6.92 Å². The minimum Gasteiger partial charge on any atom is -0.481 e. The van der Waals surface area contributed by atoms with Crippen LogP contribution in [0.4, 0.5) is 4.79 Å². The van der Waals surface area contributed by atoms with Crippen LogP contribution in [0.15, 0.2) is 0 Å². The van der Waals surface area contributed by atoms with Gasteiger partial charge < -0.3 is 21.1 Å². The van der Waals surface area contributed by atoms with Crippen LogP contribution in [0.3, 0.4) is 0 Å². The molecule has 6 heteroatoms. The zero-order chi connectivity index (χ0) is 12.7. The number of carbonyl (C=O) groups excluding carboxylic acids is 1. The predicted molar refractivity (Wildman–Crippen MR) is 63.9 cm³/mol. The van der Waals surface area contributed by atoms with Gasteiger partial charge in [-0.05, 0) is 39.3 Å². The van der Waals surface area contributed by atoms with E-state index >= 15 is 0 Å². The summed E-state index contributed by atoms with van der Waals surface area (Å²) in [5.74, 6) is -0.836. The van der Waals surface area contributed by atoms with E-state index < -0.39 is 5.97 Å². The lowest BCUT2D eigenvalue weighted by Crippen LogP contribution is -2.48. The molecule has 2 amide bonds. The molecule has 1 unspecified atom stereocenters. The van der Waals surface area contributed by atoms with Crippen LogP contribution >= 0.6 is 0 Å². The van der Waals surface area contributed by atoms with Crippen LogP contribution in [0.1, 0.15) is 32.6 Å². The van der Waals surface area contributed by atoms with Crippen molar-refractivity contribution >= 4 is 12.0 Å².